The van der Waals surface area contributed by atoms with Crippen molar-refractivity contribution in [1.82, 2.24) is 9.13 Å². The monoisotopic (exact) mass is 838 g/mol. The van der Waals surface area contributed by atoms with E-state index in [9.17, 15) is 0 Å². The number of hydrogen-bond donors (Lipinski definition) is 0. The summed E-state index contributed by atoms with van der Waals surface area (Å²) < 4.78 is 12.1. The highest BCUT2D eigenvalue weighted by Crippen LogP contribution is 2.50. The summed E-state index contributed by atoms with van der Waals surface area (Å²) in [5.74, 6) is 0. The van der Waals surface area contributed by atoms with Crippen LogP contribution in [0.1, 0.15) is 44.5 Å². The Balaban J connectivity index is 1.14. The van der Waals surface area contributed by atoms with E-state index in [-0.39, 0.29) is 0 Å². The lowest BCUT2D eigenvalue weighted by atomic mass is 9.82. The van der Waals surface area contributed by atoms with E-state index in [1.165, 1.54) is 121 Å². The third-order valence-corrected chi connectivity index (χ3v) is 14.2. The lowest BCUT2D eigenvalue weighted by Crippen LogP contribution is -2.00. The van der Waals surface area contributed by atoms with Crippen molar-refractivity contribution < 1.29 is 4.42 Å². The Bertz CT molecular complexity index is 3850. The molecular formula is C62H50N2O. The summed E-state index contributed by atoms with van der Waals surface area (Å²) in [5, 5.41) is 7.41. The molecule has 3 heteroatoms. The standard InChI is InChI=1S/C62H50N2O/c1-35-28-37(3)56(38(4)29-35)58-41(7)59(44-30-36(2)31-46(34-44)64-53-26-15-11-22-49(53)50-23-12-16-27-54(50)64)62-61(42(58)8)60-40(6)57(39(5)32-55(60)65-62)43-18-17-19-45(33-43)63-51-24-13-9-20-47(51)48-21-10-14-25-52(48)63/h9-34H,1-8H3. The lowest BCUT2D eigenvalue weighted by molar-refractivity contribution is 0.669. The third kappa shape index (κ3) is 5.74. The molecule has 0 bridgehead atoms. The fourth-order valence-corrected chi connectivity index (χ4v) is 11.8. The predicted octanol–water partition coefficient (Wildman–Crippen LogP) is 17.2. The molecule has 65 heavy (non-hydrogen) atoms. The Morgan fingerprint density at radius 3 is 1.38 bits per heavy atom. The first kappa shape index (κ1) is 39.0. The number of para-hydroxylation sites is 4. The molecule has 0 saturated heterocycles. The van der Waals surface area contributed by atoms with Crippen molar-refractivity contribution in [3.05, 3.63) is 202 Å². The summed E-state index contributed by atoms with van der Waals surface area (Å²) in [6.45, 7) is 18.2. The molecule has 0 amide bonds. The predicted molar refractivity (Wildman–Crippen MR) is 277 cm³/mol. The van der Waals surface area contributed by atoms with Crippen LogP contribution in [0.15, 0.2) is 162 Å². The minimum absolute atomic E-state index is 0.922. The zero-order valence-electron chi connectivity index (χ0n) is 38.3. The van der Waals surface area contributed by atoms with E-state index in [1.807, 2.05) is 0 Å². The largest absolute Gasteiger partial charge is 0.455 e. The first-order valence-corrected chi connectivity index (χ1v) is 22.8. The molecule has 0 aliphatic heterocycles. The van der Waals surface area contributed by atoms with Crippen LogP contribution in [0.25, 0.3) is 110 Å². The third-order valence-electron chi connectivity index (χ3n) is 14.2. The Kier molecular flexibility index (Phi) is 8.67. The number of fused-ring (bicyclic) bond motifs is 9. The first-order valence-electron chi connectivity index (χ1n) is 22.8. The van der Waals surface area contributed by atoms with Crippen LogP contribution in [-0.2, 0) is 0 Å². The van der Waals surface area contributed by atoms with Crippen molar-refractivity contribution in [2.24, 2.45) is 0 Å². The maximum Gasteiger partial charge on any atom is 0.143 e. The van der Waals surface area contributed by atoms with E-state index < -0.39 is 0 Å². The van der Waals surface area contributed by atoms with E-state index >= 15 is 0 Å². The van der Waals surface area contributed by atoms with Gasteiger partial charge in [-0.15, -0.1) is 0 Å². The summed E-state index contributed by atoms with van der Waals surface area (Å²) in [6, 6.07) is 58.2. The molecule has 9 aromatic carbocycles. The van der Waals surface area contributed by atoms with Crippen molar-refractivity contribution in [2.45, 2.75) is 55.4 Å². The van der Waals surface area contributed by atoms with Crippen LogP contribution in [0.3, 0.4) is 0 Å². The van der Waals surface area contributed by atoms with E-state index in [0.29, 0.717) is 0 Å². The van der Waals surface area contributed by atoms with E-state index in [2.05, 4.69) is 222 Å². The number of aromatic nitrogens is 2. The average Bonchev–Trinajstić information content (AvgIpc) is 3.95. The molecule has 0 radical (unpaired) electrons. The zero-order chi connectivity index (χ0) is 44.4. The van der Waals surface area contributed by atoms with Crippen LogP contribution in [0.5, 0.6) is 0 Å². The molecule has 0 N–H and O–H groups in total. The van der Waals surface area contributed by atoms with Crippen molar-refractivity contribution in [2.75, 3.05) is 0 Å². The summed E-state index contributed by atoms with van der Waals surface area (Å²) in [5.41, 5.74) is 26.3. The summed E-state index contributed by atoms with van der Waals surface area (Å²) >= 11 is 0. The lowest BCUT2D eigenvalue weighted by Gasteiger charge is -2.21. The van der Waals surface area contributed by atoms with Gasteiger partial charge in [0, 0.05) is 49.3 Å². The van der Waals surface area contributed by atoms with Crippen LogP contribution >= 0.6 is 0 Å². The van der Waals surface area contributed by atoms with Gasteiger partial charge in [-0.2, -0.15) is 0 Å². The van der Waals surface area contributed by atoms with Gasteiger partial charge in [0.15, 0.2) is 0 Å². The van der Waals surface area contributed by atoms with Crippen molar-refractivity contribution >= 4 is 65.6 Å². The van der Waals surface area contributed by atoms with Gasteiger partial charge in [0.05, 0.1) is 22.1 Å². The molecule has 0 spiro atoms. The zero-order valence-corrected chi connectivity index (χ0v) is 38.3. The highest BCUT2D eigenvalue weighted by atomic mass is 16.3. The van der Waals surface area contributed by atoms with Gasteiger partial charge in [-0.05, 0) is 177 Å². The Morgan fingerprint density at radius 2 is 0.815 bits per heavy atom. The number of aryl methyl sites for hydroxylation is 7. The van der Waals surface area contributed by atoms with Crippen molar-refractivity contribution in [3.63, 3.8) is 0 Å². The number of hydrogen-bond acceptors (Lipinski definition) is 1. The number of rotatable bonds is 5. The minimum atomic E-state index is 0.922. The highest BCUT2D eigenvalue weighted by Gasteiger charge is 2.27. The SMILES string of the molecule is Cc1cc(-c2c(C)c(-c3c(C)cc(C)cc3C)c(C)c3c2oc2cc(C)c(-c4cccc(-n5c6ccccc6c6ccccc65)c4)c(C)c23)cc(-n2c3ccccc3c3ccccc32)c1. The van der Waals surface area contributed by atoms with Crippen LogP contribution in [0.4, 0.5) is 0 Å². The van der Waals surface area contributed by atoms with Gasteiger partial charge in [-0.3, -0.25) is 0 Å². The molecule has 0 aliphatic rings. The molecule has 3 heterocycles. The van der Waals surface area contributed by atoms with E-state index in [1.54, 1.807) is 0 Å². The van der Waals surface area contributed by atoms with E-state index in [0.717, 1.165) is 33.7 Å². The van der Waals surface area contributed by atoms with Crippen LogP contribution in [-0.4, -0.2) is 9.13 Å². The molecule has 0 unspecified atom stereocenters. The fraction of sp³-hybridized carbons (Fsp3) is 0.129. The molecule has 314 valence electrons. The summed E-state index contributed by atoms with van der Waals surface area (Å²) in [6.07, 6.45) is 0. The molecule has 12 rings (SSSR count). The second-order valence-corrected chi connectivity index (χ2v) is 18.5. The molecule has 0 aliphatic carbocycles. The van der Waals surface area contributed by atoms with Gasteiger partial charge in [-0.1, -0.05) is 109 Å². The second-order valence-electron chi connectivity index (χ2n) is 18.5. The summed E-state index contributed by atoms with van der Waals surface area (Å²) in [7, 11) is 0. The Morgan fingerprint density at radius 1 is 0.338 bits per heavy atom. The topological polar surface area (TPSA) is 23.0 Å². The number of nitrogens with zero attached hydrogens (tertiary/aromatic N) is 2. The van der Waals surface area contributed by atoms with Gasteiger partial charge in [0.1, 0.15) is 11.2 Å². The van der Waals surface area contributed by atoms with Crippen LogP contribution in [0, 0.1) is 55.4 Å². The molecule has 0 fully saturated rings. The van der Waals surface area contributed by atoms with E-state index in [4.69, 9.17) is 4.42 Å². The molecule has 3 nitrogen and oxygen atoms in total. The van der Waals surface area contributed by atoms with Crippen molar-refractivity contribution in [3.8, 4) is 44.8 Å². The van der Waals surface area contributed by atoms with Gasteiger partial charge in [0.2, 0.25) is 0 Å². The molecule has 3 aromatic heterocycles. The quantitative estimate of drug-likeness (QED) is 0.169. The van der Waals surface area contributed by atoms with Gasteiger partial charge in [-0.25, -0.2) is 0 Å². The maximum atomic E-state index is 7.30. The molecule has 0 saturated carbocycles. The van der Waals surface area contributed by atoms with Crippen LogP contribution in [0.2, 0.25) is 0 Å². The van der Waals surface area contributed by atoms with Crippen molar-refractivity contribution in [1.29, 1.82) is 0 Å². The number of furan rings is 1. The average molecular weight is 839 g/mol. The summed E-state index contributed by atoms with van der Waals surface area (Å²) in [4.78, 5) is 0. The highest BCUT2D eigenvalue weighted by molar-refractivity contribution is 6.18. The normalized spacial score (nSPS) is 12.0. The first-order chi connectivity index (χ1) is 31.6. The minimum Gasteiger partial charge on any atom is -0.455 e. The smallest absolute Gasteiger partial charge is 0.143 e. The number of benzene rings is 9. The second kappa shape index (κ2) is 14.5. The Labute approximate surface area is 379 Å². The molecule has 12 aromatic rings. The van der Waals surface area contributed by atoms with Gasteiger partial charge >= 0.3 is 0 Å². The fourth-order valence-electron chi connectivity index (χ4n) is 11.8. The molecular weight excluding hydrogens is 789 g/mol. The maximum absolute atomic E-state index is 7.30. The van der Waals surface area contributed by atoms with Gasteiger partial charge in [0.25, 0.3) is 0 Å². The molecule has 0 atom stereocenters. The Hall–Kier alpha value is -7.62. The van der Waals surface area contributed by atoms with Gasteiger partial charge < -0.3 is 13.6 Å². The van der Waals surface area contributed by atoms with Crippen LogP contribution < -0.4 is 0 Å².